The Labute approximate surface area is 194 Å². The molecule has 4 rings (SSSR count). The number of nitrogens with one attached hydrogen (secondary N) is 1. The van der Waals surface area contributed by atoms with Crippen molar-refractivity contribution in [1.82, 2.24) is 0 Å². The Morgan fingerprint density at radius 3 is 2.00 bits per heavy atom. The molecule has 1 fully saturated rings. The van der Waals surface area contributed by atoms with Gasteiger partial charge in [-0.05, 0) is 53.1 Å². The maximum absolute atomic E-state index is 11.0. The van der Waals surface area contributed by atoms with Crippen LogP contribution in [0.2, 0.25) is 0 Å². The first-order valence-electron chi connectivity index (χ1n) is 10.6. The number of anilines is 1. The Hall–Kier alpha value is -3.81. The summed E-state index contributed by atoms with van der Waals surface area (Å²) in [4.78, 5) is 19.9. The SMILES string of the molecule is O=C(O)C(F)(F)F.O=C(O)[C@@H]1C[C@H]1c1ccc(NCc2cccc(Cc3ccccc3)c2)cc1. The van der Waals surface area contributed by atoms with Gasteiger partial charge in [-0.25, -0.2) is 4.79 Å². The molecule has 3 aromatic carbocycles. The Bertz CT molecular complexity index is 1110. The molecule has 3 N–H and O–H groups in total. The van der Waals surface area contributed by atoms with E-state index in [-0.39, 0.29) is 11.8 Å². The molecular formula is C26H24F3NO4. The van der Waals surface area contributed by atoms with Crippen LogP contribution in [0.15, 0.2) is 78.9 Å². The van der Waals surface area contributed by atoms with Crippen LogP contribution in [0.5, 0.6) is 0 Å². The fourth-order valence-corrected chi connectivity index (χ4v) is 3.57. The van der Waals surface area contributed by atoms with Gasteiger partial charge < -0.3 is 15.5 Å². The van der Waals surface area contributed by atoms with E-state index in [4.69, 9.17) is 15.0 Å². The van der Waals surface area contributed by atoms with Gasteiger partial charge in [0.2, 0.25) is 0 Å². The second kappa shape index (κ2) is 10.9. The van der Waals surface area contributed by atoms with Gasteiger partial charge in [-0.2, -0.15) is 13.2 Å². The second-order valence-electron chi connectivity index (χ2n) is 8.05. The Balaban J connectivity index is 0.000000406. The average Bonchev–Trinajstić information content (AvgIpc) is 3.60. The molecule has 0 heterocycles. The highest BCUT2D eigenvalue weighted by molar-refractivity contribution is 5.75. The first kappa shape index (κ1) is 24.8. The van der Waals surface area contributed by atoms with Crippen LogP contribution in [0.4, 0.5) is 18.9 Å². The van der Waals surface area contributed by atoms with Crippen molar-refractivity contribution in [3.05, 3.63) is 101 Å². The van der Waals surface area contributed by atoms with Crippen molar-refractivity contribution in [3.8, 4) is 0 Å². The molecule has 0 spiro atoms. The van der Waals surface area contributed by atoms with Crippen LogP contribution in [0, 0.1) is 5.92 Å². The summed E-state index contributed by atoms with van der Waals surface area (Å²) >= 11 is 0. The van der Waals surface area contributed by atoms with Crippen LogP contribution >= 0.6 is 0 Å². The molecule has 0 bridgehead atoms. The van der Waals surface area contributed by atoms with Crippen molar-refractivity contribution < 1.29 is 33.0 Å². The summed E-state index contributed by atoms with van der Waals surface area (Å²) in [7, 11) is 0. The Morgan fingerprint density at radius 2 is 1.44 bits per heavy atom. The second-order valence-corrected chi connectivity index (χ2v) is 8.05. The number of halogens is 3. The van der Waals surface area contributed by atoms with Crippen molar-refractivity contribution in [3.63, 3.8) is 0 Å². The van der Waals surface area contributed by atoms with Gasteiger partial charge in [0.25, 0.3) is 0 Å². The summed E-state index contributed by atoms with van der Waals surface area (Å²) in [5.74, 6) is -3.45. The molecule has 3 aromatic rings. The lowest BCUT2D eigenvalue weighted by atomic mass is 10.0. The number of alkyl halides is 3. The Kier molecular flexibility index (Phi) is 7.94. The van der Waals surface area contributed by atoms with Gasteiger partial charge in [-0.3, -0.25) is 4.79 Å². The highest BCUT2D eigenvalue weighted by atomic mass is 19.4. The standard InChI is InChI=1S/C24H23NO2.C2HF3O2/c26-24(27)23-15-22(23)20-9-11-21(12-10-20)25-16-19-8-4-7-18(14-19)13-17-5-2-1-3-6-17;3-2(4,5)1(6)7/h1-12,14,22-23,25H,13,15-16H2,(H,26,27);(H,6,7)/t22-,23+;/m0./s1. The van der Waals surface area contributed by atoms with E-state index < -0.39 is 18.1 Å². The molecule has 2 atom stereocenters. The molecule has 0 amide bonds. The van der Waals surface area contributed by atoms with Crippen LogP contribution in [0.1, 0.15) is 34.6 Å². The van der Waals surface area contributed by atoms with Crippen molar-refractivity contribution >= 4 is 17.6 Å². The third-order valence-electron chi connectivity index (χ3n) is 5.43. The third kappa shape index (κ3) is 7.37. The summed E-state index contributed by atoms with van der Waals surface area (Å²) in [6.07, 6.45) is -3.38. The van der Waals surface area contributed by atoms with Crippen LogP contribution in [0.25, 0.3) is 0 Å². The molecule has 1 saturated carbocycles. The lowest BCUT2D eigenvalue weighted by Crippen LogP contribution is -2.21. The molecule has 0 saturated heterocycles. The number of carbonyl (C=O) groups is 2. The molecule has 0 aromatic heterocycles. The summed E-state index contributed by atoms with van der Waals surface area (Å²) < 4.78 is 31.7. The van der Waals surface area contributed by atoms with Crippen molar-refractivity contribution in [1.29, 1.82) is 0 Å². The number of hydrogen-bond donors (Lipinski definition) is 3. The zero-order valence-corrected chi connectivity index (χ0v) is 18.1. The van der Waals surface area contributed by atoms with Gasteiger partial charge in [-0.1, -0.05) is 66.7 Å². The van der Waals surface area contributed by atoms with Gasteiger partial charge in [0.15, 0.2) is 0 Å². The zero-order chi connectivity index (χ0) is 24.7. The molecule has 178 valence electrons. The Morgan fingerprint density at radius 1 is 0.853 bits per heavy atom. The molecule has 8 heteroatoms. The molecule has 0 radical (unpaired) electrons. The van der Waals surface area contributed by atoms with Crippen LogP contribution < -0.4 is 5.32 Å². The minimum Gasteiger partial charge on any atom is -0.481 e. The molecular weight excluding hydrogens is 447 g/mol. The number of carboxylic acids is 2. The van der Waals surface area contributed by atoms with Gasteiger partial charge in [0.05, 0.1) is 5.92 Å². The summed E-state index contributed by atoms with van der Waals surface area (Å²) in [6, 6.07) is 27.3. The lowest BCUT2D eigenvalue weighted by Gasteiger charge is -2.09. The molecule has 0 aliphatic heterocycles. The fourth-order valence-electron chi connectivity index (χ4n) is 3.57. The van der Waals surface area contributed by atoms with E-state index in [1.807, 2.05) is 30.3 Å². The molecule has 34 heavy (non-hydrogen) atoms. The number of hydrogen-bond acceptors (Lipinski definition) is 3. The molecule has 1 aliphatic carbocycles. The fraction of sp³-hybridized carbons (Fsp3) is 0.231. The van der Waals surface area contributed by atoms with Crippen LogP contribution in [-0.2, 0) is 22.6 Å². The molecule has 1 aliphatic rings. The first-order chi connectivity index (χ1) is 16.1. The van der Waals surface area contributed by atoms with E-state index in [1.54, 1.807) is 0 Å². The van der Waals surface area contributed by atoms with E-state index in [9.17, 15) is 18.0 Å². The average molecular weight is 471 g/mol. The highest BCUT2D eigenvalue weighted by Crippen LogP contribution is 2.47. The van der Waals surface area contributed by atoms with Gasteiger partial charge in [-0.15, -0.1) is 0 Å². The number of aliphatic carboxylic acids is 2. The molecule has 0 unspecified atom stereocenters. The van der Waals surface area contributed by atoms with E-state index in [2.05, 4.69) is 53.8 Å². The number of carboxylic acid groups (broad SMARTS) is 2. The van der Waals surface area contributed by atoms with E-state index in [1.165, 1.54) is 16.7 Å². The largest absolute Gasteiger partial charge is 0.490 e. The zero-order valence-electron chi connectivity index (χ0n) is 18.1. The maximum Gasteiger partial charge on any atom is 0.490 e. The van der Waals surface area contributed by atoms with Crippen molar-refractivity contribution in [2.75, 3.05) is 5.32 Å². The van der Waals surface area contributed by atoms with Crippen molar-refractivity contribution in [2.24, 2.45) is 5.92 Å². The quantitative estimate of drug-likeness (QED) is 0.411. The highest BCUT2D eigenvalue weighted by Gasteiger charge is 2.44. The van der Waals surface area contributed by atoms with Gasteiger partial charge in [0, 0.05) is 12.2 Å². The van der Waals surface area contributed by atoms with Gasteiger partial charge in [0.1, 0.15) is 0 Å². The summed E-state index contributed by atoms with van der Waals surface area (Å²) in [5, 5.41) is 19.6. The normalized spacial score (nSPS) is 16.7. The third-order valence-corrected chi connectivity index (χ3v) is 5.43. The van der Waals surface area contributed by atoms with E-state index >= 15 is 0 Å². The van der Waals surface area contributed by atoms with Crippen molar-refractivity contribution in [2.45, 2.75) is 31.5 Å². The summed E-state index contributed by atoms with van der Waals surface area (Å²) in [5.41, 5.74) is 6.06. The molecule has 5 nitrogen and oxygen atoms in total. The van der Waals surface area contributed by atoms with Crippen LogP contribution in [0.3, 0.4) is 0 Å². The van der Waals surface area contributed by atoms with Gasteiger partial charge >= 0.3 is 18.1 Å². The first-order valence-corrected chi connectivity index (χ1v) is 10.6. The minimum absolute atomic E-state index is 0.186. The minimum atomic E-state index is -5.08. The van der Waals surface area contributed by atoms with E-state index in [0.717, 1.165) is 30.6 Å². The predicted molar refractivity (Wildman–Crippen MR) is 122 cm³/mol. The maximum atomic E-state index is 11.0. The monoisotopic (exact) mass is 471 g/mol. The lowest BCUT2D eigenvalue weighted by molar-refractivity contribution is -0.192. The summed E-state index contributed by atoms with van der Waals surface area (Å²) in [6.45, 7) is 0.767. The van der Waals surface area contributed by atoms with E-state index in [0.29, 0.717) is 0 Å². The smallest absolute Gasteiger partial charge is 0.481 e. The topological polar surface area (TPSA) is 86.6 Å². The van der Waals surface area contributed by atoms with Crippen LogP contribution in [-0.4, -0.2) is 28.3 Å². The number of rotatable bonds is 7. The number of benzene rings is 3. The predicted octanol–water partition coefficient (Wildman–Crippen LogP) is 5.71.